The number of carbonyl (C=O) groups excluding carboxylic acids is 1. The van der Waals surface area contributed by atoms with Crippen LogP contribution in [-0.2, 0) is 7.05 Å². The summed E-state index contributed by atoms with van der Waals surface area (Å²) in [7, 11) is 3.42. The highest BCUT2D eigenvalue weighted by Crippen LogP contribution is 2.29. The number of halogens is 1. The SMILES string of the molecule is COc1ccccc1[C@@H](NC(=O)c1cccc(F)c1)c1nccn1C. The van der Waals surface area contributed by atoms with Crippen LogP contribution in [-0.4, -0.2) is 22.6 Å². The average molecular weight is 339 g/mol. The van der Waals surface area contributed by atoms with Crippen LogP contribution in [0.3, 0.4) is 0 Å². The third-order valence-electron chi connectivity index (χ3n) is 3.93. The third kappa shape index (κ3) is 3.52. The maximum absolute atomic E-state index is 13.4. The molecule has 2 aromatic carbocycles. The van der Waals surface area contributed by atoms with Gasteiger partial charge < -0.3 is 14.6 Å². The van der Waals surface area contributed by atoms with Crippen molar-refractivity contribution in [3.8, 4) is 5.75 Å². The summed E-state index contributed by atoms with van der Waals surface area (Å²) in [4.78, 5) is 17.0. The molecular formula is C19H18FN3O2. The quantitative estimate of drug-likeness (QED) is 0.777. The van der Waals surface area contributed by atoms with Crippen molar-refractivity contribution in [2.24, 2.45) is 7.05 Å². The van der Waals surface area contributed by atoms with Crippen molar-refractivity contribution in [1.29, 1.82) is 0 Å². The minimum absolute atomic E-state index is 0.245. The number of benzene rings is 2. The van der Waals surface area contributed by atoms with Gasteiger partial charge in [0.1, 0.15) is 23.4 Å². The molecule has 0 saturated carbocycles. The normalized spacial score (nSPS) is 11.8. The maximum Gasteiger partial charge on any atom is 0.252 e. The lowest BCUT2D eigenvalue weighted by atomic mass is 10.0. The van der Waals surface area contributed by atoms with E-state index in [1.807, 2.05) is 35.9 Å². The molecular weight excluding hydrogens is 321 g/mol. The van der Waals surface area contributed by atoms with E-state index in [2.05, 4.69) is 10.3 Å². The van der Waals surface area contributed by atoms with E-state index in [0.29, 0.717) is 11.6 Å². The number of hydrogen-bond donors (Lipinski definition) is 1. The molecule has 3 rings (SSSR count). The van der Waals surface area contributed by atoms with Gasteiger partial charge in [-0.2, -0.15) is 0 Å². The fourth-order valence-corrected chi connectivity index (χ4v) is 2.69. The van der Waals surface area contributed by atoms with Crippen LogP contribution in [0.15, 0.2) is 60.9 Å². The second kappa shape index (κ2) is 7.17. The molecule has 128 valence electrons. The number of amides is 1. The molecule has 1 N–H and O–H groups in total. The zero-order chi connectivity index (χ0) is 17.8. The first-order valence-electron chi connectivity index (χ1n) is 7.76. The van der Waals surface area contributed by atoms with Crippen LogP contribution in [0.2, 0.25) is 0 Å². The van der Waals surface area contributed by atoms with E-state index < -0.39 is 17.8 Å². The van der Waals surface area contributed by atoms with Gasteiger partial charge in [-0.15, -0.1) is 0 Å². The summed E-state index contributed by atoms with van der Waals surface area (Å²) in [5.41, 5.74) is 1.01. The first-order valence-corrected chi connectivity index (χ1v) is 7.76. The second-order valence-corrected chi connectivity index (χ2v) is 5.56. The first kappa shape index (κ1) is 16.7. The number of imidazole rings is 1. The lowest BCUT2D eigenvalue weighted by Gasteiger charge is -2.21. The summed E-state index contributed by atoms with van der Waals surface area (Å²) in [5, 5.41) is 2.93. The third-order valence-corrected chi connectivity index (χ3v) is 3.93. The summed E-state index contributed by atoms with van der Waals surface area (Å²) in [6, 6.07) is 12.4. The van der Waals surface area contributed by atoms with Crippen molar-refractivity contribution in [3.63, 3.8) is 0 Å². The Labute approximate surface area is 145 Å². The molecule has 1 aromatic heterocycles. The molecule has 1 heterocycles. The smallest absolute Gasteiger partial charge is 0.252 e. The molecule has 0 aliphatic heterocycles. The lowest BCUT2D eigenvalue weighted by Crippen LogP contribution is -2.31. The van der Waals surface area contributed by atoms with Crippen molar-refractivity contribution in [1.82, 2.24) is 14.9 Å². The monoisotopic (exact) mass is 339 g/mol. The van der Waals surface area contributed by atoms with E-state index in [9.17, 15) is 9.18 Å². The number of ether oxygens (including phenoxy) is 1. The highest BCUT2D eigenvalue weighted by atomic mass is 19.1. The molecule has 5 nitrogen and oxygen atoms in total. The molecule has 0 aliphatic rings. The molecule has 0 aliphatic carbocycles. The zero-order valence-electron chi connectivity index (χ0n) is 13.9. The number of nitrogens with one attached hydrogen (secondary N) is 1. The van der Waals surface area contributed by atoms with E-state index in [-0.39, 0.29) is 5.56 Å². The molecule has 0 spiro atoms. The summed E-state index contributed by atoms with van der Waals surface area (Å²) in [5.74, 6) is 0.432. The topological polar surface area (TPSA) is 56.1 Å². The molecule has 1 amide bonds. The second-order valence-electron chi connectivity index (χ2n) is 5.56. The number of carbonyl (C=O) groups is 1. The summed E-state index contributed by atoms with van der Waals surface area (Å²) < 4.78 is 20.7. The Balaban J connectivity index is 2.00. The van der Waals surface area contributed by atoms with Gasteiger partial charge in [0.2, 0.25) is 0 Å². The standard InChI is InChI=1S/C19H18FN3O2/c1-23-11-10-21-18(23)17(15-8-3-4-9-16(15)25-2)22-19(24)13-6-5-7-14(20)12-13/h3-12,17H,1-2H3,(H,22,24)/t17-/m1/s1. The molecule has 0 radical (unpaired) electrons. The van der Waals surface area contributed by atoms with Crippen LogP contribution in [0.1, 0.15) is 27.8 Å². The number of hydrogen-bond acceptors (Lipinski definition) is 3. The maximum atomic E-state index is 13.4. The Morgan fingerprint density at radius 1 is 1.24 bits per heavy atom. The van der Waals surface area contributed by atoms with E-state index >= 15 is 0 Å². The number of rotatable bonds is 5. The van der Waals surface area contributed by atoms with Crippen LogP contribution < -0.4 is 10.1 Å². The molecule has 0 unspecified atom stereocenters. The zero-order valence-corrected chi connectivity index (χ0v) is 13.9. The van der Waals surface area contributed by atoms with Crippen LogP contribution in [0.4, 0.5) is 4.39 Å². The average Bonchev–Trinajstić information content (AvgIpc) is 3.05. The minimum atomic E-state index is -0.535. The number of aromatic nitrogens is 2. The molecule has 25 heavy (non-hydrogen) atoms. The van der Waals surface area contributed by atoms with Crippen molar-refractivity contribution in [2.45, 2.75) is 6.04 Å². The van der Waals surface area contributed by atoms with Crippen LogP contribution >= 0.6 is 0 Å². The van der Waals surface area contributed by atoms with Gasteiger partial charge in [-0.25, -0.2) is 9.37 Å². The van der Waals surface area contributed by atoms with Crippen molar-refractivity contribution >= 4 is 5.91 Å². The largest absolute Gasteiger partial charge is 0.496 e. The summed E-state index contributed by atoms with van der Waals surface area (Å²) in [6.45, 7) is 0. The number of para-hydroxylation sites is 1. The fourth-order valence-electron chi connectivity index (χ4n) is 2.69. The van der Waals surface area contributed by atoms with Crippen molar-refractivity contribution in [2.75, 3.05) is 7.11 Å². The molecule has 0 bridgehead atoms. The molecule has 1 atom stereocenters. The van der Waals surface area contributed by atoms with Crippen molar-refractivity contribution in [3.05, 3.63) is 83.7 Å². The van der Waals surface area contributed by atoms with Gasteiger partial charge in [0.25, 0.3) is 5.91 Å². The van der Waals surface area contributed by atoms with Gasteiger partial charge in [0, 0.05) is 30.6 Å². The van der Waals surface area contributed by atoms with E-state index in [1.54, 1.807) is 25.6 Å². The Morgan fingerprint density at radius 2 is 2.04 bits per heavy atom. The van der Waals surface area contributed by atoms with Crippen LogP contribution in [0.5, 0.6) is 5.75 Å². The van der Waals surface area contributed by atoms with Crippen LogP contribution in [0, 0.1) is 5.82 Å². The molecule has 3 aromatic rings. The van der Waals surface area contributed by atoms with Gasteiger partial charge in [0.05, 0.1) is 7.11 Å². The molecule has 0 saturated heterocycles. The molecule has 0 fully saturated rings. The van der Waals surface area contributed by atoms with Crippen molar-refractivity contribution < 1.29 is 13.9 Å². The molecule has 6 heteroatoms. The van der Waals surface area contributed by atoms with E-state index in [4.69, 9.17) is 4.74 Å². The van der Waals surface area contributed by atoms with Crippen LogP contribution in [0.25, 0.3) is 0 Å². The van der Waals surface area contributed by atoms with Gasteiger partial charge >= 0.3 is 0 Å². The number of methoxy groups -OCH3 is 1. The summed E-state index contributed by atoms with van der Waals surface area (Å²) in [6.07, 6.45) is 3.46. The fraction of sp³-hybridized carbons (Fsp3) is 0.158. The number of nitrogens with zero attached hydrogens (tertiary/aromatic N) is 2. The summed E-state index contributed by atoms with van der Waals surface area (Å²) >= 11 is 0. The van der Waals surface area contributed by atoms with Gasteiger partial charge in [-0.3, -0.25) is 4.79 Å². The minimum Gasteiger partial charge on any atom is -0.496 e. The first-order chi connectivity index (χ1) is 12.1. The highest BCUT2D eigenvalue weighted by Gasteiger charge is 2.24. The lowest BCUT2D eigenvalue weighted by molar-refractivity contribution is 0.0940. The Hall–Kier alpha value is -3.15. The van der Waals surface area contributed by atoms with Gasteiger partial charge in [-0.1, -0.05) is 24.3 Å². The predicted molar refractivity (Wildman–Crippen MR) is 91.9 cm³/mol. The van der Waals surface area contributed by atoms with E-state index in [0.717, 1.165) is 5.56 Å². The van der Waals surface area contributed by atoms with E-state index in [1.165, 1.54) is 18.2 Å². The van der Waals surface area contributed by atoms with Gasteiger partial charge in [0.15, 0.2) is 0 Å². The predicted octanol–water partition coefficient (Wildman–Crippen LogP) is 3.09. The highest BCUT2D eigenvalue weighted by molar-refractivity contribution is 5.94. The Morgan fingerprint density at radius 3 is 2.72 bits per heavy atom. The number of aryl methyl sites for hydroxylation is 1. The Kier molecular flexibility index (Phi) is 4.79. The Bertz CT molecular complexity index is 892. The van der Waals surface area contributed by atoms with Gasteiger partial charge in [-0.05, 0) is 24.3 Å².